The van der Waals surface area contributed by atoms with Crippen molar-refractivity contribution >= 4 is 22.9 Å². The number of hydrogen-bond acceptors (Lipinski definition) is 2. The standard InChI is InChI=1S/C2H6O.CH4IN.Ti/c1-2-3;1-3-2;/h3H,2H2,1H3;3H,1H3;. The van der Waals surface area contributed by atoms with Gasteiger partial charge in [-0.05, 0) is 14.0 Å². The minimum absolute atomic E-state index is 0. The molecule has 0 bridgehead atoms. The molecule has 0 aromatic rings. The molecule has 4 heteroatoms. The molecule has 0 aliphatic rings. The summed E-state index contributed by atoms with van der Waals surface area (Å²) in [5, 5.41) is 7.57. The summed E-state index contributed by atoms with van der Waals surface area (Å²) in [5.74, 6) is 0. The summed E-state index contributed by atoms with van der Waals surface area (Å²) in [6, 6.07) is 0. The molecule has 0 atom stereocenters. The van der Waals surface area contributed by atoms with Gasteiger partial charge in [-0.2, -0.15) is 0 Å². The van der Waals surface area contributed by atoms with Crippen LogP contribution in [-0.2, 0) is 21.7 Å². The van der Waals surface area contributed by atoms with Gasteiger partial charge in [-0.3, -0.25) is 3.53 Å². The van der Waals surface area contributed by atoms with E-state index in [2.05, 4.69) is 3.53 Å². The molecule has 0 spiro atoms. The molecule has 0 radical (unpaired) electrons. The van der Waals surface area contributed by atoms with Gasteiger partial charge in [-0.25, -0.2) is 0 Å². The molecule has 0 heterocycles. The Morgan fingerprint density at radius 2 is 1.71 bits per heavy atom. The number of halogens is 1. The van der Waals surface area contributed by atoms with Gasteiger partial charge >= 0.3 is 0 Å². The number of rotatable bonds is 0. The molecule has 0 rings (SSSR count). The van der Waals surface area contributed by atoms with E-state index in [1.807, 2.05) is 29.9 Å². The van der Waals surface area contributed by atoms with E-state index < -0.39 is 0 Å². The maximum atomic E-state index is 7.57. The summed E-state index contributed by atoms with van der Waals surface area (Å²) in [5.41, 5.74) is 0. The van der Waals surface area contributed by atoms with Crippen LogP contribution in [0.3, 0.4) is 0 Å². The minimum atomic E-state index is 0. The summed E-state index contributed by atoms with van der Waals surface area (Å²) in [6.07, 6.45) is 0. The molecule has 0 aliphatic carbocycles. The van der Waals surface area contributed by atoms with Gasteiger partial charge in [0.1, 0.15) is 0 Å². The molecule has 0 fully saturated rings. The Bertz CT molecular complexity index is 16.9. The average Bonchev–Trinajstić information content (AvgIpc) is 1.39. The van der Waals surface area contributed by atoms with Crippen LogP contribution in [0, 0.1) is 0 Å². The Morgan fingerprint density at radius 1 is 1.71 bits per heavy atom. The van der Waals surface area contributed by atoms with Crippen molar-refractivity contribution in [3.63, 3.8) is 0 Å². The molecule has 2 nitrogen and oxygen atoms in total. The minimum Gasteiger partial charge on any atom is -0.397 e. The Morgan fingerprint density at radius 3 is 1.71 bits per heavy atom. The zero-order chi connectivity index (χ0) is 5.41. The molecule has 0 amide bonds. The first-order valence-electron chi connectivity index (χ1n) is 1.71. The van der Waals surface area contributed by atoms with E-state index >= 15 is 0 Å². The van der Waals surface area contributed by atoms with E-state index in [1.165, 1.54) is 0 Å². The van der Waals surface area contributed by atoms with Gasteiger partial charge in [0.15, 0.2) is 0 Å². The van der Waals surface area contributed by atoms with Crippen LogP contribution in [0.1, 0.15) is 6.92 Å². The monoisotopic (exact) mass is 251 g/mol. The zero-order valence-corrected chi connectivity index (χ0v) is 8.25. The quantitative estimate of drug-likeness (QED) is 0.374. The van der Waals surface area contributed by atoms with Crippen LogP contribution in [0.25, 0.3) is 0 Å². The van der Waals surface area contributed by atoms with Gasteiger partial charge in [0.2, 0.25) is 0 Å². The van der Waals surface area contributed by atoms with E-state index in [0.717, 1.165) is 0 Å². The van der Waals surface area contributed by atoms with Crippen LogP contribution in [0.2, 0.25) is 0 Å². The largest absolute Gasteiger partial charge is 0.397 e. The third-order valence-corrected chi connectivity index (χ3v) is 0. The third-order valence-electron chi connectivity index (χ3n) is 0. The van der Waals surface area contributed by atoms with Crippen LogP contribution in [-0.4, -0.2) is 18.8 Å². The zero-order valence-electron chi connectivity index (χ0n) is 4.53. The van der Waals surface area contributed by atoms with Crippen molar-refractivity contribution in [2.24, 2.45) is 0 Å². The van der Waals surface area contributed by atoms with Gasteiger partial charge in [-0.15, -0.1) is 0 Å². The number of aliphatic hydroxyl groups is 1. The fourth-order valence-corrected chi connectivity index (χ4v) is 0. The van der Waals surface area contributed by atoms with Crippen molar-refractivity contribution in [2.75, 3.05) is 13.7 Å². The molecule has 0 aromatic carbocycles. The maximum Gasteiger partial charge on any atom is 0.0402 e. The third kappa shape index (κ3) is 114. The summed E-state index contributed by atoms with van der Waals surface area (Å²) in [6.45, 7) is 1.93. The molecule has 7 heavy (non-hydrogen) atoms. The Balaban J connectivity index is -0.0000000400. The summed E-state index contributed by atoms with van der Waals surface area (Å²) in [7, 11) is 1.86. The molecule has 0 aliphatic heterocycles. The predicted octanol–water partition coefficient (Wildman–Crippen LogP) is 0.552. The molecule has 0 saturated carbocycles. The first-order chi connectivity index (χ1) is 2.83. The second-order valence-electron chi connectivity index (χ2n) is 0.505. The average molecular weight is 251 g/mol. The normalized spacial score (nSPS) is 5.14. The first kappa shape index (κ1) is 15.8. The van der Waals surface area contributed by atoms with E-state index in [0.29, 0.717) is 0 Å². The SMILES string of the molecule is CCO.CNI.[Ti]. The number of hydrogen-bond donors (Lipinski definition) is 2. The van der Waals surface area contributed by atoms with Crippen LogP contribution in [0.5, 0.6) is 0 Å². The van der Waals surface area contributed by atoms with Gasteiger partial charge in [0, 0.05) is 51.2 Å². The van der Waals surface area contributed by atoms with Gasteiger partial charge < -0.3 is 5.11 Å². The van der Waals surface area contributed by atoms with Gasteiger partial charge in [-0.1, -0.05) is 0 Å². The van der Waals surface area contributed by atoms with Crippen LogP contribution in [0.4, 0.5) is 0 Å². The number of nitrogens with one attached hydrogen (secondary N) is 1. The summed E-state index contributed by atoms with van der Waals surface area (Å²) < 4.78 is 2.72. The maximum absolute atomic E-state index is 7.57. The van der Waals surface area contributed by atoms with Gasteiger partial charge in [0.05, 0.1) is 0 Å². The molecule has 0 saturated heterocycles. The summed E-state index contributed by atoms with van der Waals surface area (Å²) in [4.78, 5) is 0. The van der Waals surface area contributed by atoms with Crippen molar-refractivity contribution in [3.05, 3.63) is 0 Å². The Kier molecular flexibility index (Phi) is 59.3. The number of aliphatic hydroxyl groups excluding tert-OH is 1. The summed E-state index contributed by atoms with van der Waals surface area (Å²) >= 11 is 2.04. The van der Waals surface area contributed by atoms with Crippen LogP contribution in [0.15, 0.2) is 0 Å². The molecular formula is C3H10INOTi. The molecule has 44 valence electrons. The van der Waals surface area contributed by atoms with Crippen molar-refractivity contribution in [1.29, 1.82) is 0 Å². The van der Waals surface area contributed by atoms with E-state index in [9.17, 15) is 0 Å². The fraction of sp³-hybridized carbons (Fsp3) is 1.00. The van der Waals surface area contributed by atoms with Crippen molar-refractivity contribution in [2.45, 2.75) is 6.92 Å². The van der Waals surface area contributed by atoms with E-state index in [1.54, 1.807) is 6.92 Å². The van der Waals surface area contributed by atoms with Crippen LogP contribution < -0.4 is 3.53 Å². The Labute approximate surface area is 73.4 Å². The Hall–Kier alpha value is 1.36. The van der Waals surface area contributed by atoms with E-state index in [-0.39, 0.29) is 28.3 Å². The topological polar surface area (TPSA) is 32.3 Å². The van der Waals surface area contributed by atoms with Gasteiger partial charge in [0.25, 0.3) is 0 Å². The fourth-order valence-electron chi connectivity index (χ4n) is 0. The second-order valence-corrected chi connectivity index (χ2v) is 1.58. The van der Waals surface area contributed by atoms with Crippen molar-refractivity contribution < 1.29 is 26.8 Å². The molecular weight excluding hydrogens is 241 g/mol. The van der Waals surface area contributed by atoms with Crippen LogP contribution >= 0.6 is 22.9 Å². The predicted molar refractivity (Wildman–Crippen MR) is 35.8 cm³/mol. The second kappa shape index (κ2) is 26.4. The van der Waals surface area contributed by atoms with Crippen molar-refractivity contribution in [1.82, 2.24) is 3.53 Å². The first-order valence-corrected chi connectivity index (χ1v) is 2.79. The molecule has 2 N–H and O–H groups in total. The van der Waals surface area contributed by atoms with E-state index in [4.69, 9.17) is 5.11 Å². The molecule has 0 aromatic heterocycles. The van der Waals surface area contributed by atoms with Crippen molar-refractivity contribution in [3.8, 4) is 0 Å². The molecule has 0 unspecified atom stereocenters. The smallest absolute Gasteiger partial charge is 0.0402 e.